The fourth-order valence-electron chi connectivity index (χ4n) is 6.01. The molecule has 5 rings (SSSR count). The molecule has 1 fully saturated rings. The lowest BCUT2D eigenvalue weighted by atomic mass is 9.95. The van der Waals surface area contributed by atoms with Crippen molar-refractivity contribution in [1.82, 2.24) is 9.80 Å². The van der Waals surface area contributed by atoms with Crippen LogP contribution in [0.3, 0.4) is 0 Å². The van der Waals surface area contributed by atoms with E-state index < -0.39 is 5.60 Å². The number of rotatable bonds is 12. The van der Waals surface area contributed by atoms with E-state index in [1.807, 2.05) is 62.1 Å². The highest BCUT2D eigenvalue weighted by molar-refractivity contribution is 5.97. The van der Waals surface area contributed by atoms with Crippen molar-refractivity contribution in [1.29, 1.82) is 0 Å². The van der Waals surface area contributed by atoms with Gasteiger partial charge < -0.3 is 23.8 Å². The lowest BCUT2D eigenvalue weighted by Crippen LogP contribution is -2.49. The van der Waals surface area contributed by atoms with Crippen LogP contribution in [0.15, 0.2) is 84.9 Å². The van der Waals surface area contributed by atoms with Crippen molar-refractivity contribution in [3.8, 4) is 22.6 Å². The smallest absolute Gasteiger partial charge is 0.410 e. The number of likely N-dealkylation sites (N-methyl/N-ethyl adjacent to an activating group) is 1. The Kier molecular flexibility index (Phi) is 11.2. The van der Waals surface area contributed by atoms with Gasteiger partial charge in [-0.05, 0) is 98.5 Å². The molecule has 1 aliphatic rings. The minimum absolute atomic E-state index is 0.219. The van der Waals surface area contributed by atoms with E-state index in [2.05, 4.69) is 60.5 Å². The number of para-hydroxylation sites is 1. The minimum Gasteiger partial charge on any atom is -0.496 e. The van der Waals surface area contributed by atoms with E-state index in [0.29, 0.717) is 26.4 Å². The van der Waals surface area contributed by atoms with Crippen LogP contribution in [-0.2, 0) is 22.6 Å². The summed E-state index contributed by atoms with van der Waals surface area (Å²) in [5.41, 5.74) is 4.16. The van der Waals surface area contributed by atoms with Crippen molar-refractivity contribution in [2.45, 2.75) is 64.8 Å². The number of carbonyl (C=O) groups excluding carboxylic acids is 1. The third kappa shape index (κ3) is 9.02. The largest absolute Gasteiger partial charge is 0.496 e. The minimum atomic E-state index is -0.491. The highest BCUT2D eigenvalue weighted by Gasteiger charge is 2.29. The summed E-state index contributed by atoms with van der Waals surface area (Å²) < 4.78 is 22.9. The molecule has 0 bridgehead atoms. The number of fused-ring (bicyclic) bond motifs is 1. The van der Waals surface area contributed by atoms with Crippen LogP contribution < -0.4 is 9.47 Å². The first kappa shape index (κ1) is 33.3. The Bertz CT molecular complexity index is 1580. The molecule has 0 N–H and O–H groups in total. The summed E-state index contributed by atoms with van der Waals surface area (Å²) in [6.07, 6.45) is 2.62. The zero-order valence-electron chi connectivity index (χ0n) is 28.0. The summed E-state index contributed by atoms with van der Waals surface area (Å²) in [4.78, 5) is 17.0. The number of hydrogen-bond acceptors (Lipinski definition) is 6. The number of carbonyl (C=O) groups is 1. The molecule has 0 aliphatic carbocycles. The van der Waals surface area contributed by atoms with E-state index >= 15 is 0 Å². The Balaban J connectivity index is 1.19. The van der Waals surface area contributed by atoms with Crippen molar-refractivity contribution in [3.05, 3.63) is 96.1 Å². The number of amides is 1. The SMILES string of the molecule is COc1ccccc1COCCCOc1ccc(-c2cc(CN(C)C3CCCN(C(=O)OC(C)(C)C)C3)cc3ccccc23)cc1. The van der Waals surface area contributed by atoms with Gasteiger partial charge in [-0.2, -0.15) is 0 Å². The van der Waals surface area contributed by atoms with Gasteiger partial charge in [0.25, 0.3) is 0 Å². The van der Waals surface area contributed by atoms with Gasteiger partial charge in [-0.25, -0.2) is 4.79 Å². The van der Waals surface area contributed by atoms with Gasteiger partial charge in [-0.15, -0.1) is 0 Å². The number of hydrogen-bond donors (Lipinski definition) is 0. The highest BCUT2D eigenvalue weighted by Crippen LogP contribution is 2.32. The molecule has 0 aromatic heterocycles. The van der Waals surface area contributed by atoms with Gasteiger partial charge in [-0.3, -0.25) is 4.90 Å². The molecule has 1 amide bonds. The second kappa shape index (κ2) is 15.5. The van der Waals surface area contributed by atoms with Crippen LogP contribution in [0.4, 0.5) is 4.79 Å². The molecular weight excluding hydrogens is 576 g/mol. The van der Waals surface area contributed by atoms with Crippen LogP contribution in [0, 0.1) is 0 Å². The van der Waals surface area contributed by atoms with E-state index in [9.17, 15) is 4.79 Å². The highest BCUT2D eigenvalue weighted by atomic mass is 16.6. The fraction of sp³-hybridized carbons (Fsp3) is 0.410. The van der Waals surface area contributed by atoms with E-state index in [1.54, 1.807) is 7.11 Å². The number of benzene rings is 4. The van der Waals surface area contributed by atoms with Crippen molar-refractivity contribution in [2.75, 3.05) is 40.5 Å². The molecule has 0 saturated carbocycles. The van der Waals surface area contributed by atoms with Crippen LogP contribution in [-0.4, -0.2) is 68.0 Å². The normalized spacial score (nSPS) is 15.3. The topological polar surface area (TPSA) is 60.5 Å². The van der Waals surface area contributed by atoms with Gasteiger partial charge in [0.2, 0.25) is 0 Å². The molecule has 46 heavy (non-hydrogen) atoms. The zero-order chi connectivity index (χ0) is 32.5. The zero-order valence-corrected chi connectivity index (χ0v) is 28.0. The predicted molar refractivity (Wildman–Crippen MR) is 184 cm³/mol. The molecule has 244 valence electrons. The predicted octanol–water partition coefficient (Wildman–Crippen LogP) is 8.33. The first-order valence-electron chi connectivity index (χ1n) is 16.3. The van der Waals surface area contributed by atoms with Gasteiger partial charge in [0.05, 0.1) is 26.9 Å². The van der Waals surface area contributed by atoms with Gasteiger partial charge in [-0.1, -0.05) is 54.6 Å². The Labute approximate surface area is 274 Å². The molecule has 1 unspecified atom stereocenters. The fourth-order valence-corrected chi connectivity index (χ4v) is 6.01. The Morgan fingerprint density at radius 2 is 1.72 bits per heavy atom. The molecule has 0 spiro atoms. The van der Waals surface area contributed by atoms with E-state index in [1.165, 1.54) is 21.9 Å². The van der Waals surface area contributed by atoms with E-state index in [-0.39, 0.29) is 12.1 Å². The molecule has 4 aromatic rings. The lowest BCUT2D eigenvalue weighted by Gasteiger charge is -2.38. The van der Waals surface area contributed by atoms with Crippen molar-refractivity contribution in [2.24, 2.45) is 0 Å². The third-order valence-electron chi connectivity index (χ3n) is 8.34. The van der Waals surface area contributed by atoms with E-state index in [0.717, 1.165) is 55.0 Å². The Morgan fingerprint density at radius 1 is 0.957 bits per heavy atom. The van der Waals surface area contributed by atoms with Crippen molar-refractivity contribution in [3.63, 3.8) is 0 Å². The third-order valence-corrected chi connectivity index (χ3v) is 8.34. The Morgan fingerprint density at radius 3 is 2.50 bits per heavy atom. The molecule has 7 heteroatoms. The first-order chi connectivity index (χ1) is 22.2. The van der Waals surface area contributed by atoms with Gasteiger partial charge in [0.15, 0.2) is 0 Å². The monoisotopic (exact) mass is 624 g/mol. The number of ether oxygens (including phenoxy) is 4. The molecule has 4 aromatic carbocycles. The number of nitrogens with zero attached hydrogens (tertiary/aromatic N) is 2. The van der Waals surface area contributed by atoms with Gasteiger partial charge >= 0.3 is 6.09 Å². The number of piperidine rings is 1. The maximum absolute atomic E-state index is 12.7. The quantitative estimate of drug-likeness (QED) is 0.148. The summed E-state index contributed by atoms with van der Waals surface area (Å²) in [6, 6.07) is 29.7. The average Bonchev–Trinajstić information content (AvgIpc) is 3.05. The molecule has 1 heterocycles. The molecule has 1 saturated heterocycles. The molecule has 0 radical (unpaired) electrons. The molecule has 1 aliphatic heterocycles. The van der Waals surface area contributed by atoms with Crippen LogP contribution in [0.1, 0.15) is 51.2 Å². The van der Waals surface area contributed by atoms with Crippen molar-refractivity contribution >= 4 is 16.9 Å². The molecule has 1 atom stereocenters. The standard InChI is InChI=1S/C39H48N2O5/c1-39(2,3)46-38(42)41-21-10-14-33(27-41)40(4)26-29-24-31-12-6-8-15-35(31)36(25-29)30-17-19-34(20-18-30)45-23-11-22-44-28-32-13-7-9-16-37(32)43-5/h6-9,12-13,15-20,24-25,33H,10-11,14,21-23,26-28H2,1-5H3. The maximum atomic E-state index is 12.7. The summed E-state index contributed by atoms with van der Waals surface area (Å²) in [6.45, 7) is 9.69. The number of likely N-dealkylation sites (tertiary alicyclic amines) is 1. The van der Waals surface area contributed by atoms with Crippen LogP contribution in [0.5, 0.6) is 11.5 Å². The van der Waals surface area contributed by atoms with Gasteiger partial charge in [0, 0.05) is 37.7 Å². The number of methoxy groups -OCH3 is 1. The van der Waals surface area contributed by atoms with Crippen LogP contribution in [0.25, 0.3) is 21.9 Å². The van der Waals surface area contributed by atoms with Gasteiger partial charge in [0.1, 0.15) is 17.1 Å². The first-order valence-corrected chi connectivity index (χ1v) is 16.3. The molecule has 7 nitrogen and oxygen atoms in total. The Hall–Kier alpha value is -4.07. The molecular formula is C39H48N2O5. The maximum Gasteiger partial charge on any atom is 0.410 e. The summed E-state index contributed by atoms with van der Waals surface area (Å²) in [7, 11) is 3.84. The average molecular weight is 625 g/mol. The summed E-state index contributed by atoms with van der Waals surface area (Å²) in [5, 5.41) is 2.44. The summed E-state index contributed by atoms with van der Waals surface area (Å²) in [5.74, 6) is 1.69. The van der Waals surface area contributed by atoms with Crippen molar-refractivity contribution < 1.29 is 23.7 Å². The lowest BCUT2D eigenvalue weighted by molar-refractivity contribution is 0.0121. The second-order valence-corrected chi connectivity index (χ2v) is 13.1. The van der Waals surface area contributed by atoms with Crippen LogP contribution >= 0.6 is 0 Å². The summed E-state index contributed by atoms with van der Waals surface area (Å²) >= 11 is 0. The van der Waals surface area contributed by atoms with E-state index in [4.69, 9.17) is 18.9 Å². The van der Waals surface area contributed by atoms with Crippen LogP contribution in [0.2, 0.25) is 0 Å². The second-order valence-electron chi connectivity index (χ2n) is 13.1.